The summed E-state index contributed by atoms with van der Waals surface area (Å²) in [6, 6.07) is 0. The minimum Gasteiger partial charge on any atom is -0.383 e. The fourth-order valence-corrected chi connectivity index (χ4v) is 1.14. The van der Waals surface area contributed by atoms with Crippen molar-refractivity contribution in [1.29, 1.82) is 0 Å². The first-order chi connectivity index (χ1) is 8.24. The molecule has 0 rings (SSSR count). The Bertz CT molecular complexity index is 232. The quantitative estimate of drug-likeness (QED) is 0.312. The summed E-state index contributed by atoms with van der Waals surface area (Å²) in [5, 5.41) is 8.94. The Labute approximate surface area is 103 Å². The van der Waals surface area contributed by atoms with Crippen molar-refractivity contribution < 1.29 is 9.53 Å². The summed E-state index contributed by atoms with van der Waals surface area (Å²) in [7, 11) is 3.34. The van der Waals surface area contributed by atoms with E-state index < -0.39 is 0 Å². The average molecular weight is 244 g/mol. The molecule has 0 unspecified atom stereocenters. The molecule has 0 aliphatic heterocycles. The number of hydrogen-bond acceptors (Lipinski definition) is 3. The first-order valence-corrected chi connectivity index (χ1v) is 5.94. The zero-order valence-corrected chi connectivity index (χ0v) is 11.0. The van der Waals surface area contributed by atoms with Crippen LogP contribution in [0.4, 0.5) is 0 Å². The lowest BCUT2D eigenvalue weighted by molar-refractivity contribution is -0.120. The van der Waals surface area contributed by atoms with Crippen LogP contribution < -0.4 is 16.0 Å². The molecule has 1 amide bonds. The zero-order valence-electron chi connectivity index (χ0n) is 11.0. The molecule has 17 heavy (non-hydrogen) atoms. The Morgan fingerprint density at radius 1 is 1.18 bits per heavy atom. The molecule has 0 aliphatic carbocycles. The predicted octanol–water partition coefficient (Wildman–Crippen LogP) is -0.286. The molecule has 6 nitrogen and oxygen atoms in total. The summed E-state index contributed by atoms with van der Waals surface area (Å²) < 4.78 is 4.91. The number of nitrogens with one attached hydrogen (secondary N) is 3. The Balaban J connectivity index is 3.59. The normalized spacial score (nSPS) is 11.1. The zero-order chi connectivity index (χ0) is 12.9. The van der Waals surface area contributed by atoms with Crippen LogP contribution in [0.25, 0.3) is 0 Å². The number of hydrogen-bond donors (Lipinski definition) is 3. The monoisotopic (exact) mass is 244 g/mol. The molecule has 0 spiro atoms. The summed E-state index contributed by atoms with van der Waals surface area (Å²) in [6.07, 6.45) is 1.41. The summed E-state index contributed by atoms with van der Waals surface area (Å²) in [4.78, 5) is 15.3. The van der Waals surface area contributed by atoms with Gasteiger partial charge in [-0.25, -0.2) is 0 Å². The predicted molar refractivity (Wildman–Crippen MR) is 69.2 cm³/mol. The largest absolute Gasteiger partial charge is 0.383 e. The van der Waals surface area contributed by atoms with Crippen LogP contribution in [-0.2, 0) is 9.53 Å². The van der Waals surface area contributed by atoms with E-state index in [9.17, 15) is 4.79 Å². The lowest BCUT2D eigenvalue weighted by atomic mass is 10.4. The highest BCUT2D eigenvalue weighted by Crippen LogP contribution is 1.79. The maximum Gasteiger partial charge on any atom is 0.221 e. The van der Waals surface area contributed by atoms with Crippen LogP contribution in [0.5, 0.6) is 0 Å². The Kier molecular flexibility index (Phi) is 10.3. The van der Waals surface area contributed by atoms with Crippen LogP contribution in [-0.4, -0.2) is 52.3 Å². The van der Waals surface area contributed by atoms with Gasteiger partial charge in [0.15, 0.2) is 5.96 Å². The van der Waals surface area contributed by atoms with Crippen LogP contribution in [0.2, 0.25) is 0 Å². The smallest absolute Gasteiger partial charge is 0.221 e. The number of aliphatic imine (C=N–C) groups is 1. The molecular weight excluding hydrogens is 220 g/mol. The number of methoxy groups -OCH3 is 1. The Morgan fingerprint density at radius 3 is 2.47 bits per heavy atom. The van der Waals surface area contributed by atoms with Crippen LogP contribution in [0, 0.1) is 0 Å². The molecule has 3 N–H and O–H groups in total. The maximum atomic E-state index is 11.3. The number of carbonyl (C=O) groups is 1. The second kappa shape index (κ2) is 11.2. The second-order valence-corrected chi connectivity index (χ2v) is 3.52. The fourth-order valence-electron chi connectivity index (χ4n) is 1.14. The molecule has 0 saturated carbocycles. The summed E-state index contributed by atoms with van der Waals surface area (Å²) >= 11 is 0. The number of amides is 1. The number of rotatable bonds is 8. The number of guanidine groups is 1. The third-order valence-corrected chi connectivity index (χ3v) is 2.04. The third-order valence-electron chi connectivity index (χ3n) is 2.04. The number of carbonyl (C=O) groups excluding carboxylic acids is 1. The summed E-state index contributed by atoms with van der Waals surface area (Å²) in [5.41, 5.74) is 0. The highest BCUT2D eigenvalue weighted by molar-refractivity contribution is 5.81. The van der Waals surface area contributed by atoms with Crippen molar-refractivity contribution in [3.8, 4) is 0 Å². The minimum absolute atomic E-state index is 0.0618. The topological polar surface area (TPSA) is 74.8 Å². The van der Waals surface area contributed by atoms with Crippen molar-refractivity contribution in [2.75, 3.05) is 40.4 Å². The van der Waals surface area contributed by atoms with Gasteiger partial charge in [-0.05, 0) is 6.42 Å². The molecule has 0 bridgehead atoms. The van der Waals surface area contributed by atoms with Crippen molar-refractivity contribution in [2.45, 2.75) is 19.8 Å². The van der Waals surface area contributed by atoms with Gasteiger partial charge >= 0.3 is 0 Å². The van der Waals surface area contributed by atoms with Crippen molar-refractivity contribution >= 4 is 11.9 Å². The molecule has 100 valence electrons. The van der Waals surface area contributed by atoms with Gasteiger partial charge in [0.2, 0.25) is 5.91 Å². The highest BCUT2D eigenvalue weighted by atomic mass is 16.5. The van der Waals surface area contributed by atoms with E-state index in [1.54, 1.807) is 14.2 Å². The van der Waals surface area contributed by atoms with Crippen LogP contribution in [0.1, 0.15) is 19.8 Å². The first kappa shape index (κ1) is 15.7. The molecular formula is C11H24N4O2. The van der Waals surface area contributed by atoms with E-state index in [4.69, 9.17) is 4.74 Å². The maximum absolute atomic E-state index is 11.3. The molecule has 6 heteroatoms. The minimum atomic E-state index is 0.0618. The van der Waals surface area contributed by atoms with E-state index in [0.29, 0.717) is 32.1 Å². The van der Waals surface area contributed by atoms with E-state index in [-0.39, 0.29) is 5.91 Å². The van der Waals surface area contributed by atoms with Crippen molar-refractivity contribution in [3.63, 3.8) is 0 Å². The Hall–Kier alpha value is -1.30. The van der Waals surface area contributed by atoms with E-state index in [2.05, 4.69) is 20.9 Å². The van der Waals surface area contributed by atoms with Crippen LogP contribution in [0.3, 0.4) is 0 Å². The van der Waals surface area contributed by atoms with Gasteiger partial charge in [0.05, 0.1) is 6.61 Å². The van der Waals surface area contributed by atoms with Crippen LogP contribution in [0.15, 0.2) is 4.99 Å². The third kappa shape index (κ3) is 9.62. The second-order valence-electron chi connectivity index (χ2n) is 3.52. The lowest BCUT2D eigenvalue weighted by Gasteiger charge is -2.11. The van der Waals surface area contributed by atoms with E-state index in [1.807, 2.05) is 6.92 Å². The van der Waals surface area contributed by atoms with Crippen molar-refractivity contribution in [2.24, 2.45) is 4.99 Å². The van der Waals surface area contributed by atoms with E-state index in [1.165, 1.54) is 0 Å². The van der Waals surface area contributed by atoms with Crippen LogP contribution >= 0.6 is 0 Å². The van der Waals surface area contributed by atoms with Gasteiger partial charge in [0, 0.05) is 40.2 Å². The number of nitrogens with zero attached hydrogens (tertiary/aromatic N) is 1. The van der Waals surface area contributed by atoms with Gasteiger partial charge in [-0.3, -0.25) is 9.79 Å². The van der Waals surface area contributed by atoms with Gasteiger partial charge in [-0.2, -0.15) is 0 Å². The van der Waals surface area contributed by atoms with Crippen molar-refractivity contribution in [1.82, 2.24) is 16.0 Å². The molecule has 0 atom stereocenters. The van der Waals surface area contributed by atoms with Gasteiger partial charge in [0.25, 0.3) is 0 Å². The van der Waals surface area contributed by atoms with Gasteiger partial charge < -0.3 is 20.7 Å². The molecule has 0 aromatic heterocycles. The van der Waals surface area contributed by atoms with Gasteiger partial charge in [-0.15, -0.1) is 0 Å². The van der Waals surface area contributed by atoms with Gasteiger partial charge in [-0.1, -0.05) is 6.92 Å². The molecule has 0 aromatic rings. The number of ether oxygens (including phenoxy) is 1. The van der Waals surface area contributed by atoms with Gasteiger partial charge in [0.1, 0.15) is 0 Å². The Morgan fingerprint density at radius 2 is 1.88 bits per heavy atom. The summed E-state index contributed by atoms with van der Waals surface area (Å²) in [5.74, 6) is 0.747. The molecule has 0 aliphatic rings. The van der Waals surface area contributed by atoms with Crippen molar-refractivity contribution in [3.05, 3.63) is 0 Å². The SMILES string of the molecule is CCCNC(=O)CCNC(=NC)NCCOC. The molecule has 0 aromatic carbocycles. The fraction of sp³-hybridized carbons (Fsp3) is 0.818. The van der Waals surface area contributed by atoms with E-state index in [0.717, 1.165) is 13.0 Å². The molecule has 0 heterocycles. The molecule has 0 saturated heterocycles. The highest BCUT2D eigenvalue weighted by Gasteiger charge is 2.01. The summed E-state index contributed by atoms with van der Waals surface area (Å²) in [6.45, 7) is 4.65. The average Bonchev–Trinajstić information content (AvgIpc) is 2.34. The standard InChI is InChI=1S/C11H24N4O2/c1-4-6-13-10(16)5-7-14-11(12-2)15-8-9-17-3/h4-9H2,1-3H3,(H,13,16)(H2,12,14,15). The molecule has 0 radical (unpaired) electrons. The molecule has 0 fully saturated rings. The first-order valence-electron chi connectivity index (χ1n) is 5.94. The lowest BCUT2D eigenvalue weighted by Crippen LogP contribution is -2.40. The van der Waals surface area contributed by atoms with E-state index >= 15 is 0 Å².